The number of carbonyl (C=O) groups excluding carboxylic acids is 1. The molecule has 3 aromatic rings. The molecule has 4 atom stereocenters. The molecule has 0 unspecified atom stereocenters. The Labute approximate surface area is 168 Å². The van der Waals surface area contributed by atoms with Crippen molar-refractivity contribution in [1.82, 2.24) is 20.3 Å². The lowest BCUT2D eigenvalue weighted by Crippen LogP contribution is -2.44. The molecular weight excluding hydrogens is 368 g/mol. The molecule has 148 valence electrons. The fourth-order valence-electron chi connectivity index (χ4n) is 3.97. The number of nitrogens with zero attached hydrogens (tertiary/aromatic N) is 3. The zero-order chi connectivity index (χ0) is 19.8. The SMILES string of the molecule is Cc1ccc(C(=O)N[C@@H]2CO[C@@H]3[C@@H]2OC[C@@H]3n2cc(-c3ccccc3)nn2)cc1. The molecule has 0 spiro atoms. The van der Waals surface area contributed by atoms with Gasteiger partial charge >= 0.3 is 0 Å². The summed E-state index contributed by atoms with van der Waals surface area (Å²) in [6.07, 6.45) is 1.57. The van der Waals surface area contributed by atoms with Crippen LogP contribution in [0.1, 0.15) is 22.0 Å². The summed E-state index contributed by atoms with van der Waals surface area (Å²) >= 11 is 0. The first kappa shape index (κ1) is 18.0. The van der Waals surface area contributed by atoms with Crippen molar-refractivity contribution in [3.8, 4) is 11.3 Å². The van der Waals surface area contributed by atoms with Gasteiger partial charge in [-0.15, -0.1) is 5.10 Å². The minimum absolute atomic E-state index is 0.0637. The number of nitrogens with one attached hydrogen (secondary N) is 1. The van der Waals surface area contributed by atoms with E-state index in [-0.39, 0.29) is 30.2 Å². The van der Waals surface area contributed by atoms with Crippen molar-refractivity contribution in [1.29, 1.82) is 0 Å². The smallest absolute Gasteiger partial charge is 0.251 e. The zero-order valence-corrected chi connectivity index (χ0v) is 16.1. The molecule has 2 saturated heterocycles. The predicted molar refractivity (Wildman–Crippen MR) is 106 cm³/mol. The van der Waals surface area contributed by atoms with E-state index in [9.17, 15) is 4.79 Å². The van der Waals surface area contributed by atoms with Crippen molar-refractivity contribution in [3.63, 3.8) is 0 Å². The number of carbonyl (C=O) groups is 1. The van der Waals surface area contributed by atoms with E-state index in [0.29, 0.717) is 18.8 Å². The van der Waals surface area contributed by atoms with Gasteiger partial charge in [0, 0.05) is 11.1 Å². The molecular formula is C22H22N4O3. The molecule has 1 N–H and O–H groups in total. The van der Waals surface area contributed by atoms with E-state index in [1.54, 1.807) is 0 Å². The van der Waals surface area contributed by atoms with Gasteiger partial charge in [-0.1, -0.05) is 53.2 Å². The first-order valence-corrected chi connectivity index (χ1v) is 9.77. The van der Waals surface area contributed by atoms with Gasteiger partial charge in [0.25, 0.3) is 5.91 Å². The second-order valence-electron chi connectivity index (χ2n) is 7.56. The van der Waals surface area contributed by atoms with E-state index >= 15 is 0 Å². The van der Waals surface area contributed by atoms with Crippen LogP contribution in [0.2, 0.25) is 0 Å². The number of hydrogen-bond acceptors (Lipinski definition) is 5. The van der Waals surface area contributed by atoms with Crippen molar-refractivity contribution < 1.29 is 14.3 Å². The van der Waals surface area contributed by atoms with Gasteiger partial charge in [0.1, 0.15) is 23.9 Å². The summed E-state index contributed by atoms with van der Waals surface area (Å²) in [5, 5.41) is 11.6. The Kier molecular flexibility index (Phi) is 4.61. The number of aromatic nitrogens is 3. The van der Waals surface area contributed by atoms with Crippen molar-refractivity contribution >= 4 is 5.91 Å². The summed E-state index contributed by atoms with van der Waals surface area (Å²) in [4.78, 5) is 12.6. The molecule has 7 heteroatoms. The maximum Gasteiger partial charge on any atom is 0.251 e. The lowest BCUT2D eigenvalue weighted by Gasteiger charge is -2.18. The average Bonchev–Trinajstić information content (AvgIpc) is 3.46. The summed E-state index contributed by atoms with van der Waals surface area (Å²) in [6.45, 7) is 2.89. The lowest BCUT2D eigenvalue weighted by atomic mass is 10.1. The average molecular weight is 390 g/mol. The third-order valence-corrected chi connectivity index (χ3v) is 5.58. The molecule has 0 aliphatic carbocycles. The fourth-order valence-corrected chi connectivity index (χ4v) is 3.97. The molecule has 7 nitrogen and oxygen atoms in total. The number of fused-ring (bicyclic) bond motifs is 1. The van der Waals surface area contributed by atoms with Crippen LogP contribution in [0, 0.1) is 6.92 Å². The molecule has 0 saturated carbocycles. The Morgan fingerprint density at radius 3 is 2.59 bits per heavy atom. The van der Waals surface area contributed by atoms with Crippen LogP contribution in [0.3, 0.4) is 0 Å². The minimum Gasteiger partial charge on any atom is -0.371 e. The maximum atomic E-state index is 12.6. The number of hydrogen-bond donors (Lipinski definition) is 1. The van der Waals surface area contributed by atoms with Gasteiger partial charge in [0.05, 0.1) is 25.5 Å². The van der Waals surface area contributed by atoms with E-state index in [1.165, 1.54) is 0 Å². The monoisotopic (exact) mass is 390 g/mol. The maximum absolute atomic E-state index is 12.6. The van der Waals surface area contributed by atoms with Gasteiger partial charge in [-0.25, -0.2) is 4.68 Å². The van der Waals surface area contributed by atoms with Gasteiger partial charge in [-0.3, -0.25) is 4.79 Å². The van der Waals surface area contributed by atoms with Crippen LogP contribution in [0.5, 0.6) is 0 Å². The number of rotatable bonds is 4. The number of amides is 1. The summed E-state index contributed by atoms with van der Waals surface area (Å²) in [7, 11) is 0. The first-order valence-electron chi connectivity index (χ1n) is 9.77. The molecule has 2 aromatic carbocycles. The van der Waals surface area contributed by atoms with E-state index in [0.717, 1.165) is 16.8 Å². The van der Waals surface area contributed by atoms with Crippen molar-refractivity contribution in [2.24, 2.45) is 0 Å². The van der Waals surface area contributed by atoms with E-state index < -0.39 is 0 Å². The second kappa shape index (κ2) is 7.42. The molecule has 2 fully saturated rings. The van der Waals surface area contributed by atoms with Crippen LogP contribution in [-0.2, 0) is 9.47 Å². The fraction of sp³-hybridized carbons (Fsp3) is 0.318. The van der Waals surface area contributed by atoms with E-state index in [2.05, 4.69) is 15.6 Å². The van der Waals surface area contributed by atoms with Gasteiger partial charge in [-0.05, 0) is 19.1 Å². The molecule has 2 aliphatic rings. The molecule has 2 aliphatic heterocycles. The topological polar surface area (TPSA) is 78.3 Å². The molecule has 5 rings (SSSR count). The lowest BCUT2D eigenvalue weighted by molar-refractivity contribution is 0.0613. The second-order valence-corrected chi connectivity index (χ2v) is 7.56. The number of ether oxygens (including phenoxy) is 2. The van der Waals surface area contributed by atoms with Crippen molar-refractivity contribution in [3.05, 3.63) is 71.9 Å². The quantitative estimate of drug-likeness (QED) is 0.740. The first-order chi connectivity index (χ1) is 14.2. The number of benzene rings is 2. The van der Waals surface area contributed by atoms with Crippen LogP contribution >= 0.6 is 0 Å². The Bertz CT molecular complexity index is 1000. The molecule has 3 heterocycles. The van der Waals surface area contributed by atoms with Crippen LogP contribution in [0.4, 0.5) is 0 Å². The molecule has 0 bridgehead atoms. The summed E-state index contributed by atoms with van der Waals surface area (Å²) in [5.74, 6) is -0.113. The van der Waals surface area contributed by atoms with Crippen molar-refractivity contribution in [2.75, 3.05) is 13.2 Å². The van der Waals surface area contributed by atoms with Gasteiger partial charge < -0.3 is 14.8 Å². The third kappa shape index (κ3) is 3.43. The summed E-state index contributed by atoms with van der Waals surface area (Å²) < 4.78 is 13.8. The highest BCUT2D eigenvalue weighted by Crippen LogP contribution is 2.34. The van der Waals surface area contributed by atoms with Crippen LogP contribution in [-0.4, -0.2) is 52.4 Å². The number of aryl methyl sites for hydroxylation is 1. The zero-order valence-electron chi connectivity index (χ0n) is 16.1. The van der Waals surface area contributed by atoms with Crippen LogP contribution < -0.4 is 5.32 Å². The van der Waals surface area contributed by atoms with E-state index in [4.69, 9.17) is 9.47 Å². The molecule has 1 aromatic heterocycles. The molecule has 0 radical (unpaired) electrons. The highest BCUT2D eigenvalue weighted by atomic mass is 16.6. The van der Waals surface area contributed by atoms with Gasteiger partial charge in [0.15, 0.2) is 0 Å². The van der Waals surface area contributed by atoms with Crippen LogP contribution in [0.25, 0.3) is 11.3 Å². The Morgan fingerprint density at radius 2 is 1.79 bits per heavy atom. The highest BCUT2D eigenvalue weighted by Gasteiger charge is 2.49. The van der Waals surface area contributed by atoms with Gasteiger partial charge in [-0.2, -0.15) is 0 Å². The predicted octanol–water partition coefficient (Wildman–Crippen LogP) is 2.39. The Morgan fingerprint density at radius 1 is 1.03 bits per heavy atom. The standard InChI is InChI=1S/C22H22N4O3/c1-14-7-9-16(10-8-14)22(27)23-18-12-28-21-19(13-29-20(18)21)26-11-17(24-25-26)15-5-3-2-4-6-15/h2-11,18-21H,12-13H2,1H3,(H,23,27)/t18-,19+,20-,21+/m1/s1. The Hall–Kier alpha value is -3.03. The molecule has 29 heavy (non-hydrogen) atoms. The largest absolute Gasteiger partial charge is 0.371 e. The summed E-state index contributed by atoms with van der Waals surface area (Å²) in [6, 6.07) is 17.2. The molecule has 1 amide bonds. The highest BCUT2D eigenvalue weighted by molar-refractivity contribution is 5.94. The van der Waals surface area contributed by atoms with Crippen LogP contribution in [0.15, 0.2) is 60.8 Å². The van der Waals surface area contributed by atoms with Gasteiger partial charge in [0.2, 0.25) is 0 Å². The summed E-state index contributed by atoms with van der Waals surface area (Å²) in [5.41, 5.74) is 3.59. The normalized spacial score (nSPS) is 25.7. The van der Waals surface area contributed by atoms with Crippen molar-refractivity contribution in [2.45, 2.75) is 31.2 Å². The minimum atomic E-state index is -0.196. The third-order valence-electron chi connectivity index (χ3n) is 5.58. The Balaban J connectivity index is 1.27. The van der Waals surface area contributed by atoms with E-state index in [1.807, 2.05) is 72.4 Å².